The minimum atomic E-state index is -3.58. The van der Waals surface area contributed by atoms with E-state index in [0.29, 0.717) is 10.9 Å². The van der Waals surface area contributed by atoms with Crippen molar-refractivity contribution in [1.82, 2.24) is 4.72 Å². The topological polar surface area (TPSA) is 46.2 Å². The minimum absolute atomic E-state index is 0.0409. The van der Waals surface area contributed by atoms with Crippen molar-refractivity contribution < 1.29 is 8.42 Å². The predicted molar refractivity (Wildman–Crippen MR) is 69.0 cm³/mol. The molecule has 1 aromatic carbocycles. The van der Waals surface area contributed by atoms with Crippen LogP contribution in [0.15, 0.2) is 23.1 Å². The maximum absolute atomic E-state index is 12.1. The summed E-state index contributed by atoms with van der Waals surface area (Å²) >= 11 is 11.7. The summed E-state index contributed by atoms with van der Waals surface area (Å²) in [6, 6.07) is 4.36. The van der Waals surface area contributed by atoms with Crippen molar-refractivity contribution in [3.8, 4) is 0 Å². The van der Waals surface area contributed by atoms with Crippen LogP contribution >= 0.6 is 23.2 Å². The number of halogens is 2. The molecule has 1 aromatic rings. The summed E-state index contributed by atoms with van der Waals surface area (Å²) < 4.78 is 26.8. The maximum Gasteiger partial charge on any atom is 0.242 e. The van der Waals surface area contributed by atoms with Gasteiger partial charge in [-0.25, -0.2) is 13.1 Å². The summed E-state index contributed by atoms with van der Waals surface area (Å²) in [5.74, 6) is 0.447. The molecule has 3 nitrogen and oxygen atoms in total. The average molecular weight is 294 g/mol. The van der Waals surface area contributed by atoms with E-state index < -0.39 is 10.0 Å². The molecule has 0 amide bonds. The fourth-order valence-corrected chi connectivity index (χ4v) is 3.76. The molecule has 17 heavy (non-hydrogen) atoms. The molecule has 2 rings (SSSR count). The fourth-order valence-electron chi connectivity index (χ4n) is 1.68. The van der Waals surface area contributed by atoms with E-state index in [2.05, 4.69) is 4.72 Å². The highest BCUT2D eigenvalue weighted by Gasteiger charge is 2.31. The molecule has 6 heteroatoms. The zero-order valence-corrected chi connectivity index (χ0v) is 11.6. The summed E-state index contributed by atoms with van der Waals surface area (Å²) in [6.07, 6.45) is 2.15. The molecule has 0 aromatic heterocycles. The third-order valence-electron chi connectivity index (χ3n) is 2.85. The number of sulfonamides is 1. The lowest BCUT2D eigenvalue weighted by Gasteiger charge is -2.14. The van der Waals surface area contributed by atoms with Crippen LogP contribution in [0.1, 0.15) is 19.8 Å². The summed E-state index contributed by atoms with van der Waals surface area (Å²) in [4.78, 5) is 0.0409. The van der Waals surface area contributed by atoms with Crippen LogP contribution in [0.3, 0.4) is 0 Å². The molecule has 0 heterocycles. The molecular formula is C11H13Cl2NO2S. The SMILES string of the molecule is C[C@@H](NS(=O)(=O)c1cc(Cl)ccc1Cl)C1CC1. The molecule has 0 spiro atoms. The molecule has 0 radical (unpaired) electrons. The number of rotatable bonds is 4. The van der Waals surface area contributed by atoms with Gasteiger partial charge in [0.25, 0.3) is 0 Å². The Bertz CT molecular complexity index is 526. The molecule has 94 valence electrons. The van der Waals surface area contributed by atoms with Gasteiger partial charge in [-0.3, -0.25) is 0 Å². The third-order valence-corrected chi connectivity index (χ3v) is 5.13. The normalized spacial score (nSPS) is 18.1. The Kier molecular flexibility index (Phi) is 3.69. The van der Waals surface area contributed by atoms with Crippen molar-refractivity contribution in [3.63, 3.8) is 0 Å². The number of benzene rings is 1. The lowest BCUT2D eigenvalue weighted by molar-refractivity contribution is 0.538. The second-order valence-corrected chi connectivity index (χ2v) is 6.85. The summed E-state index contributed by atoms with van der Waals surface area (Å²) in [7, 11) is -3.58. The second-order valence-electron chi connectivity index (χ2n) is 4.32. The van der Waals surface area contributed by atoms with Crippen molar-refractivity contribution in [3.05, 3.63) is 28.2 Å². The monoisotopic (exact) mass is 293 g/mol. The molecule has 1 aliphatic rings. The van der Waals surface area contributed by atoms with Crippen LogP contribution in [0.5, 0.6) is 0 Å². The van der Waals surface area contributed by atoms with Crippen LogP contribution in [-0.2, 0) is 10.0 Å². The quantitative estimate of drug-likeness (QED) is 0.927. The Morgan fingerprint density at radius 3 is 2.59 bits per heavy atom. The van der Waals surface area contributed by atoms with Crippen molar-refractivity contribution in [1.29, 1.82) is 0 Å². The van der Waals surface area contributed by atoms with Crippen LogP contribution in [0.25, 0.3) is 0 Å². The molecule has 1 atom stereocenters. The fraction of sp³-hybridized carbons (Fsp3) is 0.455. The lowest BCUT2D eigenvalue weighted by Crippen LogP contribution is -2.34. The van der Waals surface area contributed by atoms with Crippen LogP contribution in [0.2, 0.25) is 10.0 Å². The Hall–Kier alpha value is -0.290. The van der Waals surface area contributed by atoms with Gasteiger partial charge in [0.15, 0.2) is 0 Å². The van der Waals surface area contributed by atoms with Gasteiger partial charge in [-0.15, -0.1) is 0 Å². The van der Waals surface area contributed by atoms with E-state index in [0.717, 1.165) is 12.8 Å². The Morgan fingerprint density at radius 2 is 2.00 bits per heavy atom. The highest BCUT2D eigenvalue weighted by Crippen LogP contribution is 2.33. The molecule has 0 aliphatic heterocycles. The van der Waals surface area contributed by atoms with E-state index in [1.807, 2.05) is 6.92 Å². The van der Waals surface area contributed by atoms with Crippen LogP contribution in [-0.4, -0.2) is 14.5 Å². The zero-order chi connectivity index (χ0) is 12.6. The standard InChI is InChI=1S/C11H13Cl2NO2S/c1-7(8-2-3-8)14-17(15,16)11-6-9(12)4-5-10(11)13/h4-8,14H,2-3H2,1H3/t7-/m1/s1. The zero-order valence-electron chi connectivity index (χ0n) is 9.28. The van der Waals surface area contributed by atoms with E-state index >= 15 is 0 Å². The van der Waals surface area contributed by atoms with E-state index in [1.165, 1.54) is 12.1 Å². The van der Waals surface area contributed by atoms with Crippen LogP contribution in [0.4, 0.5) is 0 Å². The van der Waals surface area contributed by atoms with E-state index in [9.17, 15) is 8.42 Å². The molecule has 1 N–H and O–H groups in total. The predicted octanol–water partition coefficient (Wildman–Crippen LogP) is 3.07. The summed E-state index contributed by atoms with van der Waals surface area (Å²) in [6.45, 7) is 1.87. The molecule has 1 fully saturated rings. The van der Waals surface area contributed by atoms with Gasteiger partial charge in [-0.2, -0.15) is 0 Å². The van der Waals surface area contributed by atoms with Gasteiger partial charge >= 0.3 is 0 Å². The first-order chi connectivity index (χ1) is 7.90. The highest BCUT2D eigenvalue weighted by molar-refractivity contribution is 7.89. The maximum atomic E-state index is 12.1. The second kappa shape index (κ2) is 4.76. The average Bonchev–Trinajstić information content (AvgIpc) is 3.04. The van der Waals surface area contributed by atoms with Gasteiger partial charge in [0.1, 0.15) is 4.90 Å². The van der Waals surface area contributed by atoms with Crippen molar-refractivity contribution in [2.45, 2.75) is 30.7 Å². The van der Waals surface area contributed by atoms with E-state index in [1.54, 1.807) is 6.07 Å². The summed E-state index contributed by atoms with van der Waals surface area (Å²) in [5, 5.41) is 0.541. The van der Waals surface area contributed by atoms with Gasteiger partial charge in [0.2, 0.25) is 10.0 Å². The van der Waals surface area contributed by atoms with Gasteiger partial charge in [-0.05, 0) is 43.9 Å². The number of nitrogens with one attached hydrogen (secondary N) is 1. The Morgan fingerprint density at radius 1 is 1.35 bits per heavy atom. The first kappa shape index (κ1) is 13.1. The Balaban J connectivity index is 2.27. The number of hydrogen-bond donors (Lipinski definition) is 1. The molecular weight excluding hydrogens is 281 g/mol. The van der Waals surface area contributed by atoms with Gasteiger partial charge in [0.05, 0.1) is 5.02 Å². The van der Waals surface area contributed by atoms with E-state index in [-0.39, 0.29) is 16.0 Å². The Labute approximate surface area is 111 Å². The minimum Gasteiger partial charge on any atom is -0.208 e. The molecule has 0 bridgehead atoms. The lowest BCUT2D eigenvalue weighted by atomic mass is 10.2. The highest BCUT2D eigenvalue weighted by atomic mass is 35.5. The number of hydrogen-bond acceptors (Lipinski definition) is 2. The van der Waals surface area contributed by atoms with Crippen molar-refractivity contribution in [2.24, 2.45) is 5.92 Å². The molecule has 0 unspecified atom stereocenters. The first-order valence-corrected chi connectivity index (χ1v) is 7.61. The molecule has 1 aliphatic carbocycles. The summed E-state index contributed by atoms with van der Waals surface area (Å²) in [5.41, 5.74) is 0. The largest absolute Gasteiger partial charge is 0.242 e. The van der Waals surface area contributed by atoms with Crippen molar-refractivity contribution in [2.75, 3.05) is 0 Å². The van der Waals surface area contributed by atoms with Crippen LogP contribution < -0.4 is 4.72 Å². The van der Waals surface area contributed by atoms with Gasteiger partial charge < -0.3 is 0 Å². The first-order valence-electron chi connectivity index (χ1n) is 5.37. The van der Waals surface area contributed by atoms with Crippen LogP contribution in [0, 0.1) is 5.92 Å². The smallest absolute Gasteiger partial charge is 0.208 e. The van der Waals surface area contributed by atoms with Gasteiger partial charge in [-0.1, -0.05) is 23.2 Å². The van der Waals surface area contributed by atoms with Gasteiger partial charge in [0, 0.05) is 11.1 Å². The third kappa shape index (κ3) is 3.13. The van der Waals surface area contributed by atoms with Crippen molar-refractivity contribution >= 4 is 33.2 Å². The molecule has 1 saturated carbocycles. The van der Waals surface area contributed by atoms with E-state index in [4.69, 9.17) is 23.2 Å². The molecule has 0 saturated heterocycles.